The van der Waals surface area contributed by atoms with Crippen LogP contribution in [0.2, 0.25) is 0 Å². The molecule has 0 spiro atoms. The van der Waals surface area contributed by atoms with Crippen LogP contribution in [0.15, 0.2) is 41.6 Å². The van der Waals surface area contributed by atoms with E-state index in [2.05, 4.69) is 27.2 Å². The Morgan fingerprint density at radius 1 is 1.17 bits per heavy atom. The van der Waals surface area contributed by atoms with Gasteiger partial charge in [0.25, 0.3) is 0 Å². The monoisotopic (exact) mass is 348 g/mol. The minimum Gasteiger partial charge on any atom is -0.366 e. The number of hydrogen-bond donors (Lipinski definition) is 1. The maximum absolute atomic E-state index is 11.5. The van der Waals surface area contributed by atoms with Crippen LogP contribution in [0.1, 0.15) is 14.3 Å². The van der Waals surface area contributed by atoms with Crippen molar-refractivity contribution in [3.8, 4) is 11.3 Å². The van der Waals surface area contributed by atoms with E-state index in [0.717, 1.165) is 43.0 Å². The fourth-order valence-corrected chi connectivity index (χ4v) is 3.44. The predicted octanol–water partition coefficient (Wildman–Crippen LogP) is 2.30. The van der Waals surface area contributed by atoms with E-state index in [-0.39, 0.29) is 1.43 Å². The lowest BCUT2D eigenvalue weighted by atomic mass is 10.1. The third-order valence-corrected chi connectivity index (χ3v) is 5.41. The van der Waals surface area contributed by atoms with E-state index in [1.54, 1.807) is 36.7 Å². The Morgan fingerprint density at radius 3 is 2.46 bits per heavy atom. The highest BCUT2D eigenvalue weighted by Crippen LogP contribution is 2.21. The number of rotatable bonds is 4. The Bertz CT molecular complexity index is 804. The van der Waals surface area contributed by atoms with E-state index in [1.807, 2.05) is 0 Å². The third kappa shape index (κ3) is 4.10. The Kier molecular flexibility index (Phi) is 4.82. The van der Waals surface area contributed by atoms with Crippen LogP contribution in [-0.4, -0.2) is 55.7 Å². The highest BCUT2D eigenvalue weighted by molar-refractivity contribution is 7.90. The average Bonchev–Trinajstić information content (AvgIpc) is 2.57. The second-order valence-corrected chi connectivity index (χ2v) is 8.32. The number of sulfone groups is 1. The SMILES string of the molecule is CN1CCC(Nc2cncc(-c3ccc(S(C)(=O)=O)cc3)n2)CC1.[HH]. The van der Waals surface area contributed by atoms with Gasteiger partial charge in [-0.05, 0) is 45.1 Å². The quantitative estimate of drug-likeness (QED) is 0.914. The number of piperidine rings is 1. The summed E-state index contributed by atoms with van der Waals surface area (Å²) in [5, 5.41) is 3.45. The molecule has 0 saturated carbocycles. The van der Waals surface area contributed by atoms with Crippen LogP contribution in [-0.2, 0) is 9.84 Å². The molecule has 1 fully saturated rings. The molecule has 0 radical (unpaired) electrons. The van der Waals surface area contributed by atoms with Gasteiger partial charge >= 0.3 is 0 Å². The highest BCUT2D eigenvalue weighted by Gasteiger charge is 2.17. The number of nitrogens with zero attached hydrogens (tertiary/aromatic N) is 3. The Morgan fingerprint density at radius 2 is 1.83 bits per heavy atom. The van der Waals surface area contributed by atoms with E-state index in [4.69, 9.17) is 0 Å². The molecular weight excluding hydrogens is 324 g/mol. The summed E-state index contributed by atoms with van der Waals surface area (Å²) >= 11 is 0. The van der Waals surface area contributed by atoms with Crippen LogP contribution in [0.4, 0.5) is 5.82 Å². The van der Waals surface area contributed by atoms with Gasteiger partial charge in [-0.1, -0.05) is 12.1 Å². The number of nitrogens with one attached hydrogen (secondary N) is 1. The minimum atomic E-state index is -3.19. The van der Waals surface area contributed by atoms with Crippen molar-refractivity contribution in [2.45, 2.75) is 23.8 Å². The van der Waals surface area contributed by atoms with Gasteiger partial charge in [-0.15, -0.1) is 0 Å². The first-order valence-corrected chi connectivity index (χ1v) is 9.88. The number of anilines is 1. The summed E-state index contributed by atoms with van der Waals surface area (Å²) in [6.45, 7) is 2.16. The average molecular weight is 348 g/mol. The van der Waals surface area contributed by atoms with Crippen LogP contribution in [0.25, 0.3) is 11.3 Å². The molecule has 1 aliphatic heterocycles. The molecule has 1 N–H and O–H groups in total. The largest absolute Gasteiger partial charge is 0.366 e. The summed E-state index contributed by atoms with van der Waals surface area (Å²) in [6.07, 6.45) is 6.80. The molecule has 6 nitrogen and oxygen atoms in total. The van der Waals surface area contributed by atoms with Crippen LogP contribution in [0.3, 0.4) is 0 Å². The van der Waals surface area contributed by atoms with E-state index in [1.165, 1.54) is 6.26 Å². The van der Waals surface area contributed by atoms with E-state index >= 15 is 0 Å². The van der Waals surface area contributed by atoms with Crippen molar-refractivity contribution in [3.05, 3.63) is 36.7 Å². The normalized spacial score (nSPS) is 16.9. The first kappa shape index (κ1) is 16.9. The fourth-order valence-electron chi connectivity index (χ4n) is 2.81. The zero-order valence-electron chi connectivity index (χ0n) is 13.9. The van der Waals surface area contributed by atoms with Crippen molar-refractivity contribution >= 4 is 15.7 Å². The molecule has 2 aromatic rings. The zero-order chi connectivity index (χ0) is 17.2. The minimum absolute atomic E-state index is 0. The van der Waals surface area contributed by atoms with Crippen LogP contribution in [0.5, 0.6) is 0 Å². The van der Waals surface area contributed by atoms with E-state index in [9.17, 15) is 8.42 Å². The van der Waals surface area contributed by atoms with Crippen LogP contribution < -0.4 is 5.32 Å². The van der Waals surface area contributed by atoms with Crippen molar-refractivity contribution in [3.63, 3.8) is 0 Å². The smallest absolute Gasteiger partial charge is 0.175 e. The van der Waals surface area contributed by atoms with Crippen molar-refractivity contribution in [1.82, 2.24) is 14.9 Å². The molecular formula is C17H24N4O2S. The van der Waals surface area contributed by atoms with Gasteiger partial charge in [-0.2, -0.15) is 0 Å². The molecule has 0 unspecified atom stereocenters. The summed E-state index contributed by atoms with van der Waals surface area (Å²) in [5.41, 5.74) is 1.58. The lowest BCUT2D eigenvalue weighted by Gasteiger charge is -2.29. The molecule has 1 aromatic heterocycles. The van der Waals surface area contributed by atoms with Gasteiger partial charge in [0.2, 0.25) is 0 Å². The molecule has 3 rings (SSSR count). The second kappa shape index (κ2) is 6.86. The lowest BCUT2D eigenvalue weighted by Crippen LogP contribution is -2.36. The van der Waals surface area contributed by atoms with Crippen molar-refractivity contribution < 1.29 is 9.84 Å². The molecule has 0 aliphatic carbocycles. The standard InChI is InChI=1S/C17H22N4O2S.H2/c1-21-9-7-14(8-10-21)19-17-12-18-11-16(20-17)13-3-5-15(6-4-13)24(2,22)23;/h3-6,11-12,14H,7-10H2,1-2H3,(H,19,20);1H. The van der Waals surface area contributed by atoms with E-state index < -0.39 is 9.84 Å². The summed E-state index contributed by atoms with van der Waals surface area (Å²) in [4.78, 5) is 11.5. The number of hydrogen-bond acceptors (Lipinski definition) is 6. The van der Waals surface area contributed by atoms with Gasteiger partial charge in [0.1, 0.15) is 5.82 Å². The van der Waals surface area contributed by atoms with Crippen LogP contribution >= 0.6 is 0 Å². The lowest BCUT2D eigenvalue weighted by molar-refractivity contribution is 0.263. The summed E-state index contributed by atoms with van der Waals surface area (Å²) in [7, 11) is -1.05. The molecule has 0 bridgehead atoms. The third-order valence-electron chi connectivity index (χ3n) is 4.28. The molecule has 1 saturated heterocycles. The fraction of sp³-hybridized carbons (Fsp3) is 0.412. The summed E-state index contributed by atoms with van der Waals surface area (Å²) in [6, 6.07) is 7.14. The van der Waals surface area contributed by atoms with Gasteiger partial charge in [-0.3, -0.25) is 4.98 Å². The highest BCUT2D eigenvalue weighted by atomic mass is 32.2. The van der Waals surface area contributed by atoms with Crippen molar-refractivity contribution in [2.24, 2.45) is 0 Å². The van der Waals surface area contributed by atoms with Crippen molar-refractivity contribution in [1.29, 1.82) is 0 Å². The Labute approximate surface area is 144 Å². The first-order chi connectivity index (χ1) is 11.4. The molecule has 24 heavy (non-hydrogen) atoms. The van der Waals surface area contributed by atoms with Gasteiger partial charge in [0.15, 0.2) is 9.84 Å². The van der Waals surface area contributed by atoms with Gasteiger partial charge in [0.05, 0.1) is 23.0 Å². The number of aromatic nitrogens is 2. The first-order valence-electron chi connectivity index (χ1n) is 7.99. The van der Waals surface area contributed by atoms with Gasteiger partial charge < -0.3 is 10.2 Å². The maximum atomic E-state index is 11.5. The summed E-state index contributed by atoms with van der Waals surface area (Å²) in [5.74, 6) is 0.759. The predicted molar refractivity (Wildman–Crippen MR) is 96.8 cm³/mol. The van der Waals surface area contributed by atoms with Crippen molar-refractivity contribution in [2.75, 3.05) is 31.7 Å². The maximum Gasteiger partial charge on any atom is 0.175 e. The molecule has 0 atom stereocenters. The number of benzene rings is 1. The number of likely N-dealkylation sites (tertiary alicyclic amines) is 1. The van der Waals surface area contributed by atoms with Crippen LogP contribution in [0, 0.1) is 0 Å². The molecule has 0 amide bonds. The molecule has 2 heterocycles. The molecule has 1 aliphatic rings. The Balaban J connectivity index is 0.00000225. The topological polar surface area (TPSA) is 75.2 Å². The second-order valence-electron chi connectivity index (χ2n) is 6.31. The molecule has 130 valence electrons. The zero-order valence-corrected chi connectivity index (χ0v) is 14.8. The summed E-state index contributed by atoms with van der Waals surface area (Å²) < 4.78 is 23.1. The molecule has 7 heteroatoms. The molecule has 1 aromatic carbocycles. The van der Waals surface area contributed by atoms with E-state index in [0.29, 0.717) is 10.9 Å². The van der Waals surface area contributed by atoms with Gasteiger partial charge in [0, 0.05) is 19.3 Å². The Hall–Kier alpha value is -1.99. The van der Waals surface area contributed by atoms with Gasteiger partial charge in [-0.25, -0.2) is 13.4 Å².